The molecule has 7 heteroatoms. The Balaban J connectivity index is 1.89. The minimum Gasteiger partial charge on any atom is -0.494 e. The van der Waals surface area contributed by atoms with Gasteiger partial charge in [0, 0.05) is 12.2 Å². The van der Waals surface area contributed by atoms with Gasteiger partial charge >= 0.3 is 6.03 Å². The molecule has 1 aliphatic heterocycles. The summed E-state index contributed by atoms with van der Waals surface area (Å²) in [7, 11) is 0. The molecule has 0 radical (unpaired) electrons. The van der Waals surface area contributed by atoms with Crippen LogP contribution in [0, 0.1) is 5.92 Å². The van der Waals surface area contributed by atoms with Crippen LogP contribution in [0.2, 0.25) is 0 Å². The van der Waals surface area contributed by atoms with Crippen molar-refractivity contribution in [2.45, 2.75) is 39.2 Å². The number of urea groups is 1. The molecule has 4 amide bonds. The zero-order valence-corrected chi connectivity index (χ0v) is 18.2. The van der Waals surface area contributed by atoms with Crippen LogP contribution in [-0.2, 0) is 15.1 Å². The number of ether oxygens (including phenoxy) is 1. The van der Waals surface area contributed by atoms with E-state index >= 15 is 0 Å². The second kappa shape index (κ2) is 9.64. The molecule has 7 nitrogen and oxygen atoms in total. The number of amides is 4. The van der Waals surface area contributed by atoms with Crippen LogP contribution in [0.4, 0.5) is 10.5 Å². The second-order valence-electron chi connectivity index (χ2n) is 8.00. The summed E-state index contributed by atoms with van der Waals surface area (Å²) in [6.07, 6.45) is 0.537. The van der Waals surface area contributed by atoms with Gasteiger partial charge in [0.2, 0.25) is 5.91 Å². The monoisotopic (exact) mass is 423 g/mol. The standard InChI is InChI=1S/C24H29N3O4/c1-4-31-20-12-10-19(11-13-20)25-21(28)16-24(18-8-6-5-7-9-18)22(29)26-23(30)27(24)15-14-17(2)3/h5-13,17H,4,14-16H2,1-3H3,(H,25,28)(H,26,29,30). The fourth-order valence-electron chi connectivity index (χ4n) is 3.76. The zero-order valence-electron chi connectivity index (χ0n) is 18.2. The molecule has 0 saturated carbocycles. The molecule has 2 aromatic rings. The number of carbonyl (C=O) groups excluding carboxylic acids is 3. The first-order valence-corrected chi connectivity index (χ1v) is 10.6. The Morgan fingerprint density at radius 3 is 2.39 bits per heavy atom. The summed E-state index contributed by atoms with van der Waals surface area (Å²) < 4.78 is 5.42. The minimum atomic E-state index is -1.39. The highest BCUT2D eigenvalue weighted by Crippen LogP contribution is 2.37. The number of rotatable bonds is 9. The molecule has 0 spiro atoms. The molecule has 1 atom stereocenters. The van der Waals surface area contributed by atoms with E-state index in [0.717, 1.165) is 6.42 Å². The largest absolute Gasteiger partial charge is 0.494 e. The molecular weight excluding hydrogens is 394 g/mol. The summed E-state index contributed by atoms with van der Waals surface area (Å²) >= 11 is 0. The number of anilines is 1. The highest BCUT2D eigenvalue weighted by atomic mass is 16.5. The predicted octanol–water partition coefficient (Wildman–Crippen LogP) is 3.91. The summed E-state index contributed by atoms with van der Waals surface area (Å²) in [5.74, 6) is 0.221. The molecule has 1 aliphatic rings. The predicted molar refractivity (Wildman–Crippen MR) is 119 cm³/mol. The highest BCUT2D eigenvalue weighted by molar-refractivity contribution is 6.10. The topological polar surface area (TPSA) is 87.7 Å². The van der Waals surface area contributed by atoms with E-state index in [1.807, 2.05) is 13.0 Å². The van der Waals surface area contributed by atoms with E-state index in [4.69, 9.17) is 4.74 Å². The fourth-order valence-corrected chi connectivity index (χ4v) is 3.76. The van der Waals surface area contributed by atoms with Crippen molar-refractivity contribution in [1.82, 2.24) is 10.2 Å². The lowest BCUT2D eigenvalue weighted by Gasteiger charge is -2.35. The molecule has 0 aliphatic carbocycles. The molecule has 0 aromatic heterocycles. The van der Waals surface area contributed by atoms with Crippen LogP contribution in [0.3, 0.4) is 0 Å². The third-order valence-electron chi connectivity index (χ3n) is 5.35. The van der Waals surface area contributed by atoms with Crippen LogP contribution in [0.1, 0.15) is 39.2 Å². The van der Waals surface area contributed by atoms with Gasteiger partial charge < -0.3 is 15.0 Å². The SMILES string of the molecule is CCOc1ccc(NC(=O)CC2(c3ccccc3)C(=O)NC(=O)N2CCC(C)C)cc1. The van der Waals surface area contributed by atoms with Crippen LogP contribution < -0.4 is 15.4 Å². The molecule has 0 bridgehead atoms. The van der Waals surface area contributed by atoms with Gasteiger partial charge in [-0.2, -0.15) is 0 Å². The van der Waals surface area contributed by atoms with Gasteiger partial charge in [0.15, 0.2) is 5.54 Å². The Morgan fingerprint density at radius 2 is 1.77 bits per heavy atom. The van der Waals surface area contributed by atoms with E-state index in [9.17, 15) is 14.4 Å². The molecule has 164 valence electrons. The first-order valence-electron chi connectivity index (χ1n) is 10.6. The van der Waals surface area contributed by atoms with E-state index in [-0.39, 0.29) is 12.3 Å². The fraction of sp³-hybridized carbons (Fsp3) is 0.375. The first kappa shape index (κ1) is 22.3. The average Bonchev–Trinajstić information content (AvgIpc) is 2.98. The first-order chi connectivity index (χ1) is 14.9. The average molecular weight is 424 g/mol. The third-order valence-corrected chi connectivity index (χ3v) is 5.35. The number of nitrogens with one attached hydrogen (secondary N) is 2. The number of benzene rings is 2. The van der Waals surface area contributed by atoms with Crippen molar-refractivity contribution in [2.75, 3.05) is 18.5 Å². The molecule has 1 heterocycles. The Labute approximate surface area is 182 Å². The summed E-state index contributed by atoms with van der Waals surface area (Å²) in [6.45, 7) is 6.94. The Hall–Kier alpha value is -3.35. The van der Waals surface area contributed by atoms with Gasteiger partial charge in [-0.3, -0.25) is 14.9 Å². The zero-order chi connectivity index (χ0) is 22.4. The van der Waals surface area contributed by atoms with Gasteiger partial charge in [-0.15, -0.1) is 0 Å². The molecule has 1 saturated heterocycles. The maximum atomic E-state index is 13.1. The van der Waals surface area contributed by atoms with E-state index < -0.39 is 17.5 Å². The molecule has 1 fully saturated rings. The van der Waals surface area contributed by atoms with Crippen LogP contribution in [0.15, 0.2) is 54.6 Å². The Morgan fingerprint density at radius 1 is 1.10 bits per heavy atom. The summed E-state index contributed by atoms with van der Waals surface area (Å²) in [6, 6.07) is 15.6. The van der Waals surface area contributed by atoms with Crippen LogP contribution >= 0.6 is 0 Å². The van der Waals surface area contributed by atoms with Crippen molar-refractivity contribution in [3.05, 3.63) is 60.2 Å². The van der Waals surface area contributed by atoms with Crippen molar-refractivity contribution >= 4 is 23.5 Å². The summed E-state index contributed by atoms with van der Waals surface area (Å²) in [4.78, 5) is 40.3. The van der Waals surface area contributed by atoms with Crippen LogP contribution in [0.5, 0.6) is 5.75 Å². The van der Waals surface area contributed by atoms with Gasteiger partial charge in [-0.05, 0) is 49.1 Å². The highest BCUT2D eigenvalue weighted by Gasteiger charge is 2.55. The quantitative estimate of drug-likeness (QED) is 0.599. The van der Waals surface area contributed by atoms with Gasteiger partial charge in [-0.1, -0.05) is 44.2 Å². The molecule has 3 rings (SSSR count). The van der Waals surface area contributed by atoms with Crippen LogP contribution in [-0.4, -0.2) is 35.9 Å². The number of nitrogens with zero attached hydrogens (tertiary/aromatic N) is 1. The van der Waals surface area contributed by atoms with Gasteiger partial charge in [-0.25, -0.2) is 4.79 Å². The molecule has 2 N–H and O–H groups in total. The van der Waals surface area contributed by atoms with Crippen molar-refractivity contribution in [3.63, 3.8) is 0 Å². The van der Waals surface area contributed by atoms with Gasteiger partial charge in [0.25, 0.3) is 5.91 Å². The Bertz CT molecular complexity index is 928. The number of carbonyl (C=O) groups is 3. The lowest BCUT2D eigenvalue weighted by molar-refractivity contribution is -0.132. The van der Waals surface area contributed by atoms with E-state index in [1.165, 1.54) is 4.90 Å². The third kappa shape index (κ3) is 4.87. The summed E-state index contributed by atoms with van der Waals surface area (Å²) in [5, 5.41) is 5.26. The molecular formula is C24H29N3O4. The van der Waals surface area contributed by atoms with E-state index in [2.05, 4.69) is 24.5 Å². The van der Waals surface area contributed by atoms with Crippen LogP contribution in [0.25, 0.3) is 0 Å². The van der Waals surface area contributed by atoms with Crippen molar-refractivity contribution < 1.29 is 19.1 Å². The molecule has 31 heavy (non-hydrogen) atoms. The lowest BCUT2D eigenvalue weighted by atomic mass is 9.84. The smallest absolute Gasteiger partial charge is 0.325 e. The lowest BCUT2D eigenvalue weighted by Crippen LogP contribution is -2.49. The van der Waals surface area contributed by atoms with E-state index in [1.54, 1.807) is 48.5 Å². The minimum absolute atomic E-state index is 0.181. The van der Waals surface area contributed by atoms with E-state index in [0.29, 0.717) is 36.1 Å². The Kier molecular flexibility index (Phi) is 6.95. The van der Waals surface area contributed by atoms with Gasteiger partial charge in [0.1, 0.15) is 5.75 Å². The summed E-state index contributed by atoms with van der Waals surface area (Å²) in [5.41, 5.74) is -0.179. The second-order valence-corrected chi connectivity index (χ2v) is 8.00. The number of hydrogen-bond acceptors (Lipinski definition) is 4. The normalized spacial score (nSPS) is 18.3. The van der Waals surface area contributed by atoms with Crippen molar-refractivity contribution in [2.24, 2.45) is 5.92 Å². The van der Waals surface area contributed by atoms with Crippen molar-refractivity contribution in [1.29, 1.82) is 0 Å². The molecule has 2 aromatic carbocycles. The molecule has 1 unspecified atom stereocenters. The maximum Gasteiger partial charge on any atom is 0.325 e. The van der Waals surface area contributed by atoms with Crippen molar-refractivity contribution in [3.8, 4) is 5.75 Å². The number of imide groups is 1. The maximum absolute atomic E-state index is 13.1. The number of hydrogen-bond donors (Lipinski definition) is 2. The van der Waals surface area contributed by atoms with Gasteiger partial charge in [0.05, 0.1) is 13.0 Å².